The summed E-state index contributed by atoms with van der Waals surface area (Å²) in [5.41, 5.74) is 3.35. The van der Waals surface area contributed by atoms with Crippen LogP contribution >= 0.6 is 0 Å². The molecule has 1 heterocycles. The maximum absolute atomic E-state index is 5.40. The highest BCUT2D eigenvalue weighted by molar-refractivity contribution is 5.33. The molecule has 0 atom stereocenters. The van der Waals surface area contributed by atoms with Crippen LogP contribution in [-0.2, 0) is 16.1 Å². The minimum atomic E-state index is 0.367. The molecule has 96 valence electrons. The summed E-state index contributed by atoms with van der Waals surface area (Å²) in [7, 11) is 0. The van der Waals surface area contributed by atoms with E-state index < -0.39 is 0 Å². The van der Waals surface area contributed by atoms with E-state index in [4.69, 9.17) is 15.3 Å². The highest BCUT2D eigenvalue weighted by Crippen LogP contribution is 2.05. The Bertz CT molecular complexity index is 333. The smallest absolute Gasteiger partial charge is 0.156 e. The quantitative estimate of drug-likeness (QED) is 0.401. The van der Waals surface area contributed by atoms with E-state index in [0.29, 0.717) is 31.5 Å². The van der Waals surface area contributed by atoms with Gasteiger partial charge in [-0.15, -0.1) is 0 Å². The Balaban J connectivity index is 2.28. The molecule has 0 saturated heterocycles. The van der Waals surface area contributed by atoms with Crippen LogP contribution in [0.25, 0.3) is 0 Å². The van der Waals surface area contributed by atoms with E-state index >= 15 is 0 Å². The number of nitrogens with two attached hydrogens (primary N) is 1. The lowest BCUT2D eigenvalue weighted by Crippen LogP contribution is -2.12. The lowest BCUT2D eigenvalue weighted by molar-refractivity contribution is 0.0385. The van der Waals surface area contributed by atoms with Crippen LogP contribution < -0.4 is 11.3 Å². The largest absolute Gasteiger partial charge is 0.379 e. The number of rotatable bonds is 8. The fraction of sp³-hybridized carbons (Fsp3) is 0.636. The zero-order valence-corrected chi connectivity index (χ0v) is 10.4. The first-order chi connectivity index (χ1) is 8.26. The zero-order chi connectivity index (χ0) is 12.5. The van der Waals surface area contributed by atoms with Gasteiger partial charge in [0.25, 0.3) is 0 Å². The van der Waals surface area contributed by atoms with Crippen molar-refractivity contribution in [3.05, 3.63) is 17.6 Å². The van der Waals surface area contributed by atoms with Gasteiger partial charge in [-0.05, 0) is 13.3 Å². The third-order valence-corrected chi connectivity index (χ3v) is 2.00. The van der Waals surface area contributed by atoms with Gasteiger partial charge in [-0.3, -0.25) is 0 Å². The van der Waals surface area contributed by atoms with Gasteiger partial charge in [-0.25, -0.2) is 15.8 Å². The van der Waals surface area contributed by atoms with Crippen LogP contribution in [0.5, 0.6) is 0 Å². The fourth-order valence-corrected chi connectivity index (χ4v) is 1.30. The number of nitrogen functional groups attached to an aromatic ring is 1. The maximum Gasteiger partial charge on any atom is 0.156 e. The van der Waals surface area contributed by atoms with E-state index in [1.165, 1.54) is 0 Å². The van der Waals surface area contributed by atoms with Crippen molar-refractivity contribution in [1.29, 1.82) is 0 Å². The van der Waals surface area contributed by atoms with Crippen LogP contribution in [0.4, 0.5) is 5.82 Å². The second-order valence-electron chi connectivity index (χ2n) is 3.62. The van der Waals surface area contributed by atoms with Crippen molar-refractivity contribution in [2.45, 2.75) is 26.9 Å². The number of aromatic nitrogens is 2. The second kappa shape index (κ2) is 7.94. The van der Waals surface area contributed by atoms with Crippen LogP contribution in [0, 0.1) is 6.92 Å². The van der Waals surface area contributed by atoms with Crippen LogP contribution in [-0.4, -0.2) is 29.8 Å². The fourth-order valence-electron chi connectivity index (χ4n) is 1.30. The third kappa shape index (κ3) is 5.58. The Labute approximate surface area is 102 Å². The highest BCUT2D eigenvalue weighted by Gasteiger charge is 2.01. The highest BCUT2D eigenvalue weighted by atomic mass is 16.5. The minimum absolute atomic E-state index is 0.367. The minimum Gasteiger partial charge on any atom is -0.379 e. The number of hydrogen-bond acceptors (Lipinski definition) is 6. The number of ether oxygens (including phenoxy) is 2. The lowest BCUT2D eigenvalue weighted by atomic mass is 10.4. The molecule has 0 amide bonds. The normalized spacial score (nSPS) is 10.5. The molecule has 0 fully saturated rings. The molecule has 0 aliphatic carbocycles. The van der Waals surface area contributed by atoms with Crippen molar-refractivity contribution in [2.24, 2.45) is 5.84 Å². The van der Waals surface area contributed by atoms with Gasteiger partial charge in [-0.1, -0.05) is 6.92 Å². The second-order valence-corrected chi connectivity index (χ2v) is 3.62. The van der Waals surface area contributed by atoms with Crippen molar-refractivity contribution in [1.82, 2.24) is 9.97 Å². The van der Waals surface area contributed by atoms with Gasteiger partial charge in [-0.2, -0.15) is 0 Å². The van der Waals surface area contributed by atoms with E-state index in [1.54, 1.807) is 6.07 Å². The van der Waals surface area contributed by atoms with Gasteiger partial charge in [0.15, 0.2) is 5.82 Å². The van der Waals surface area contributed by atoms with Crippen molar-refractivity contribution < 1.29 is 9.47 Å². The van der Waals surface area contributed by atoms with Crippen molar-refractivity contribution >= 4 is 5.82 Å². The summed E-state index contributed by atoms with van der Waals surface area (Å²) in [6.07, 6.45) is 1.02. The van der Waals surface area contributed by atoms with Gasteiger partial charge < -0.3 is 14.9 Å². The maximum atomic E-state index is 5.40. The summed E-state index contributed by atoms with van der Waals surface area (Å²) < 4.78 is 10.7. The molecule has 0 aromatic carbocycles. The number of nitrogens with one attached hydrogen (secondary N) is 1. The lowest BCUT2D eigenvalue weighted by Gasteiger charge is -2.06. The summed E-state index contributed by atoms with van der Waals surface area (Å²) in [4.78, 5) is 8.42. The van der Waals surface area contributed by atoms with Crippen molar-refractivity contribution in [3.8, 4) is 0 Å². The Morgan fingerprint density at radius 3 is 2.71 bits per heavy atom. The van der Waals surface area contributed by atoms with Gasteiger partial charge in [0.1, 0.15) is 12.4 Å². The molecule has 1 aromatic rings. The predicted octanol–water partition coefficient (Wildman–Crippen LogP) is 1.01. The molecule has 3 N–H and O–H groups in total. The predicted molar refractivity (Wildman–Crippen MR) is 65.3 cm³/mol. The monoisotopic (exact) mass is 240 g/mol. The Morgan fingerprint density at radius 2 is 2.00 bits per heavy atom. The van der Waals surface area contributed by atoms with E-state index in [-0.39, 0.29) is 0 Å². The third-order valence-electron chi connectivity index (χ3n) is 2.00. The molecule has 0 saturated carbocycles. The van der Waals surface area contributed by atoms with Crippen LogP contribution in [0.15, 0.2) is 6.07 Å². The Morgan fingerprint density at radius 1 is 1.24 bits per heavy atom. The van der Waals surface area contributed by atoms with Gasteiger partial charge in [0, 0.05) is 18.4 Å². The summed E-state index contributed by atoms with van der Waals surface area (Å²) >= 11 is 0. The van der Waals surface area contributed by atoms with Crippen molar-refractivity contribution in [2.75, 3.05) is 25.2 Å². The summed E-state index contributed by atoms with van der Waals surface area (Å²) in [6.45, 7) is 6.24. The number of hydrazine groups is 1. The van der Waals surface area contributed by atoms with E-state index in [1.807, 2.05) is 6.92 Å². The SMILES string of the molecule is CCCOCCOCc1nc(C)cc(NN)n1. The number of nitrogens with zero attached hydrogens (tertiary/aromatic N) is 2. The number of aryl methyl sites for hydroxylation is 1. The molecule has 17 heavy (non-hydrogen) atoms. The molecular formula is C11H20N4O2. The van der Waals surface area contributed by atoms with E-state index in [9.17, 15) is 0 Å². The Hall–Kier alpha value is -1.24. The molecule has 0 unspecified atom stereocenters. The first-order valence-corrected chi connectivity index (χ1v) is 5.73. The van der Waals surface area contributed by atoms with Gasteiger partial charge in [0.2, 0.25) is 0 Å². The van der Waals surface area contributed by atoms with Crippen LogP contribution in [0.3, 0.4) is 0 Å². The van der Waals surface area contributed by atoms with Gasteiger partial charge in [0.05, 0.1) is 13.2 Å². The molecule has 6 heteroatoms. The van der Waals surface area contributed by atoms with Crippen molar-refractivity contribution in [3.63, 3.8) is 0 Å². The molecule has 0 bridgehead atoms. The van der Waals surface area contributed by atoms with Gasteiger partial charge >= 0.3 is 0 Å². The topological polar surface area (TPSA) is 82.3 Å². The summed E-state index contributed by atoms with van der Waals surface area (Å²) in [5, 5.41) is 0. The molecule has 0 spiro atoms. The first kappa shape index (κ1) is 13.8. The number of hydrogen-bond donors (Lipinski definition) is 2. The number of anilines is 1. The standard InChI is InChI=1S/C11H20N4O2/c1-3-4-16-5-6-17-8-11-13-9(2)7-10(14-11)15-12/h7H,3-6,8,12H2,1-2H3,(H,13,14,15). The first-order valence-electron chi connectivity index (χ1n) is 5.73. The summed E-state index contributed by atoms with van der Waals surface area (Å²) in [6, 6.07) is 1.77. The van der Waals surface area contributed by atoms with E-state index in [2.05, 4.69) is 22.3 Å². The Kier molecular flexibility index (Phi) is 6.46. The van der Waals surface area contributed by atoms with E-state index in [0.717, 1.165) is 18.7 Å². The molecule has 1 aromatic heterocycles. The molecule has 0 aliphatic rings. The average Bonchev–Trinajstić information content (AvgIpc) is 2.33. The van der Waals surface area contributed by atoms with Crippen LogP contribution in [0.2, 0.25) is 0 Å². The summed E-state index contributed by atoms with van der Waals surface area (Å²) in [5.74, 6) is 6.51. The molecular weight excluding hydrogens is 220 g/mol. The molecule has 1 rings (SSSR count). The molecule has 0 radical (unpaired) electrons. The zero-order valence-electron chi connectivity index (χ0n) is 10.4. The average molecular weight is 240 g/mol. The van der Waals surface area contributed by atoms with Crippen LogP contribution in [0.1, 0.15) is 24.9 Å². The molecule has 0 aliphatic heterocycles. The molecule has 6 nitrogen and oxygen atoms in total.